The number of carbonyl (C=O) groups is 1. The highest BCUT2D eigenvalue weighted by Gasteiger charge is 2.18. The molecule has 0 amide bonds. The Morgan fingerprint density at radius 3 is 2.90 bits per heavy atom. The van der Waals surface area contributed by atoms with E-state index in [0.29, 0.717) is 15.5 Å². The number of aryl methyl sites for hydroxylation is 2. The molecule has 21 heavy (non-hydrogen) atoms. The molecule has 1 heterocycles. The molecule has 5 heteroatoms. The fourth-order valence-electron chi connectivity index (χ4n) is 2.45. The highest BCUT2D eigenvalue weighted by atomic mass is 32.2. The molecule has 0 saturated heterocycles. The average Bonchev–Trinajstić information content (AvgIpc) is 2.94. The number of hydrogen-bond donors (Lipinski definition) is 1. The molecule has 0 spiro atoms. The summed E-state index contributed by atoms with van der Waals surface area (Å²) in [5.41, 5.74) is 2.92. The summed E-state index contributed by atoms with van der Waals surface area (Å²) >= 11 is 1.25. The maximum Gasteiger partial charge on any atom is 0.336 e. The molecule has 1 aromatic carbocycles. The maximum absolute atomic E-state index is 11.3. The van der Waals surface area contributed by atoms with Gasteiger partial charge in [0.25, 0.3) is 0 Å². The number of carboxylic acid groups (broad SMARTS) is 1. The molecule has 1 aromatic heterocycles. The molecule has 104 valence electrons. The van der Waals surface area contributed by atoms with E-state index in [0.717, 1.165) is 30.5 Å². The first kappa shape index (κ1) is 13.7. The number of nitrogens with zero attached hydrogens (tertiary/aromatic N) is 2. The molecular weight excluding hydrogens is 284 g/mol. The molecule has 1 N–H and O–H groups in total. The molecule has 3 rings (SSSR count). The molecule has 0 radical (unpaired) electrons. The van der Waals surface area contributed by atoms with Gasteiger partial charge in [0.1, 0.15) is 11.1 Å². The van der Waals surface area contributed by atoms with Crippen molar-refractivity contribution in [3.05, 3.63) is 52.7 Å². The van der Waals surface area contributed by atoms with Crippen LogP contribution >= 0.6 is 11.8 Å². The number of aromatic carboxylic acids is 1. The summed E-state index contributed by atoms with van der Waals surface area (Å²) < 4.78 is 0. The molecule has 0 unspecified atom stereocenters. The topological polar surface area (TPSA) is 74.0 Å². The zero-order valence-electron chi connectivity index (χ0n) is 11.2. The van der Waals surface area contributed by atoms with Crippen molar-refractivity contribution < 1.29 is 9.90 Å². The quantitative estimate of drug-likeness (QED) is 0.940. The van der Waals surface area contributed by atoms with Crippen LogP contribution in [0.4, 0.5) is 0 Å². The SMILES string of the molecule is N#Cc1cc2c(nc1Sc1ccccc1C(=O)O)CCC2. The van der Waals surface area contributed by atoms with Gasteiger partial charge >= 0.3 is 5.97 Å². The Hall–Kier alpha value is -2.32. The molecule has 4 nitrogen and oxygen atoms in total. The van der Waals surface area contributed by atoms with Crippen LogP contribution in [-0.2, 0) is 12.8 Å². The van der Waals surface area contributed by atoms with Crippen molar-refractivity contribution in [3.8, 4) is 6.07 Å². The van der Waals surface area contributed by atoms with Crippen molar-refractivity contribution in [2.75, 3.05) is 0 Å². The normalized spacial score (nSPS) is 12.7. The van der Waals surface area contributed by atoms with E-state index in [4.69, 9.17) is 0 Å². The highest BCUT2D eigenvalue weighted by Crippen LogP contribution is 2.34. The molecule has 1 aliphatic rings. The number of benzene rings is 1. The van der Waals surface area contributed by atoms with Crippen molar-refractivity contribution in [3.63, 3.8) is 0 Å². The lowest BCUT2D eigenvalue weighted by molar-refractivity contribution is 0.0693. The predicted molar refractivity (Wildman–Crippen MR) is 78.5 cm³/mol. The van der Waals surface area contributed by atoms with Gasteiger partial charge in [-0.3, -0.25) is 0 Å². The summed E-state index contributed by atoms with van der Waals surface area (Å²) in [6, 6.07) is 10.8. The van der Waals surface area contributed by atoms with Crippen LogP contribution < -0.4 is 0 Å². The van der Waals surface area contributed by atoms with Gasteiger partial charge in [-0.1, -0.05) is 23.9 Å². The standard InChI is InChI=1S/C16H12N2O2S/c17-9-11-8-10-4-3-6-13(10)18-15(11)21-14-7-2-1-5-12(14)16(19)20/h1-2,5,7-8H,3-4,6H2,(H,19,20). The number of pyridine rings is 1. The molecule has 0 fully saturated rings. The fraction of sp³-hybridized carbons (Fsp3) is 0.188. The summed E-state index contributed by atoms with van der Waals surface area (Å²) in [5.74, 6) is -0.974. The second-order valence-corrected chi connectivity index (χ2v) is 5.85. The van der Waals surface area contributed by atoms with Crippen molar-refractivity contribution in [2.45, 2.75) is 29.2 Å². The van der Waals surface area contributed by atoms with Gasteiger partial charge in [-0.2, -0.15) is 5.26 Å². The zero-order chi connectivity index (χ0) is 14.8. The van der Waals surface area contributed by atoms with Crippen molar-refractivity contribution >= 4 is 17.7 Å². The lowest BCUT2D eigenvalue weighted by atomic mass is 10.2. The van der Waals surface area contributed by atoms with Gasteiger partial charge in [-0.05, 0) is 43.0 Å². The number of aromatic nitrogens is 1. The number of nitriles is 1. The summed E-state index contributed by atoms with van der Waals surface area (Å²) in [6.45, 7) is 0. The minimum atomic E-state index is -0.974. The Morgan fingerprint density at radius 2 is 2.14 bits per heavy atom. The number of rotatable bonds is 3. The average molecular weight is 296 g/mol. The van der Waals surface area contributed by atoms with E-state index in [1.54, 1.807) is 24.3 Å². The summed E-state index contributed by atoms with van der Waals surface area (Å²) in [7, 11) is 0. The number of carboxylic acids is 1. The predicted octanol–water partition coefficient (Wildman–Crippen LogP) is 3.29. The first-order valence-electron chi connectivity index (χ1n) is 6.62. The van der Waals surface area contributed by atoms with Crippen LogP contribution in [-0.4, -0.2) is 16.1 Å². The highest BCUT2D eigenvalue weighted by molar-refractivity contribution is 7.99. The maximum atomic E-state index is 11.3. The van der Waals surface area contributed by atoms with E-state index in [2.05, 4.69) is 11.1 Å². The summed E-state index contributed by atoms with van der Waals surface area (Å²) in [4.78, 5) is 16.4. The lowest BCUT2D eigenvalue weighted by Crippen LogP contribution is -2.00. The van der Waals surface area contributed by atoms with E-state index in [1.807, 2.05) is 6.07 Å². The molecule has 0 bridgehead atoms. The minimum absolute atomic E-state index is 0.230. The third kappa shape index (κ3) is 2.63. The van der Waals surface area contributed by atoms with Crippen LogP contribution in [0.1, 0.15) is 33.6 Å². The smallest absolute Gasteiger partial charge is 0.336 e. The number of hydrogen-bond acceptors (Lipinski definition) is 4. The van der Waals surface area contributed by atoms with Gasteiger partial charge in [0.15, 0.2) is 0 Å². The first-order chi connectivity index (χ1) is 10.2. The van der Waals surface area contributed by atoms with Gasteiger partial charge in [0.05, 0.1) is 11.1 Å². The number of fused-ring (bicyclic) bond motifs is 1. The third-order valence-electron chi connectivity index (χ3n) is 3.46. The molecule has 0 aliphatic heterocycles. The second-order valence-electron chi connectivity index (χ2n) is 4.82. The van der Waals surface area contributed by atoms with Gasteiger partial charge < -0.3 is 5.11 Å². The fourth-order valence-corrected chi connectivity index (χ4v) is 3.44. The van der Waals surface area contributed by atoms with E-state index in [9.17, 15) is 15.2 Å². The van der Waals surface area contributed by atoms with Crippen LogP contribution in [0.15, 0.2) is 40.3 Å². The molecule has 0 saturated carbocycles. The monoisotopic (exact) mass is 296 g/mol. The Morgan fingerprint density at radius 1 is 1.33 bits per heavy atom. The van der Waals surface area contributed by atoms with E-state index >= 15 is 0 Å². The van der Waals surface area contributed by atoms with Crippen LogP contribution in [0.2, 0.25) is 0 Å². The van der Waals surface area contributed by atoms with Crippen LogP contribution in [0, 0.1) is 11.3 Å². The van der Waals surface area contributed by atoms with E-state index < -0.39 is 5.97 Å². The Kier molecular flexibility index (Phi) is 3.63. The summed E-state index contributed by atoms with van der Waals surface area (Å²) in [6.07, 6.45) is 2.95. The van der Waals surface area contributed by atoms with Gasteiger partial charge in [0, 0.05) is 10.6 Å². The van der Waals surface area contributed by atoms with Crippen LogP contribution in [0.5, 0.6) is 0 Å². The molecular formula is C16H12N2O2S. The molecule has 1 aliphatic carbocycles. The van der Waals surface area contributed by atoms with Crippen molar-refractivity contribution in [2.24, 2.45) is 0 Å². The summed E-state index contributed by atoms with van der Waals surface area (Å²) in [5, 5.41) is 19.1. The first-order valence-corrected chi connectivity index (χ1v) is 7.44. The van der Waals surface area contributed by atoms with Crippen molar-refractivity contribution in [1.29, 1.82) is 5.26 Å². The largest absolute Gasteiger partial charge is 0.478 e. The van der Waals surface area contributed by atoms with Crippen LogP contribution in [0.3, 0.4) is 0 Å². The molecule has 2 aromatic rings. The van der Waals surface area contributed by atoms with E-state index in [1.165, 1.54) is 11.8 Å². The Balaban J connectivity index is 2.03. The Bertz CT molecular complexity index is 765. The van der Waals surface area contributed by atoms with Crippen molar-refractivity contribution in [1.82, 2.24) is 4.98 Å². The zero-order valence-corrected chi connectivity index (χ0v) is 12.0. The molecule has 0 atom stereocenters. The lowest BCUT2D eigenvalue weighted by Gasteiger charge is -2.08. The van der Waals surface area contributed by atoms with Gasteiger partial charge in [-0.25, -0.2) is 9.78 Å². The Labute approximate surface area is 126 Å². The minimum Gasteiger partial charge on any atom is -0.478 e. The second kappa shape index (κ2) is 5.58. The van der Waals surface area contributed by atoms with Gasteiger partial charge in [-0.15, -0.1) is 0 Å². The van der Waals surface area contributed by atoms with E-state index in [-0.39, 0.29) is 5.56 Å². The van der Waals surface area contributed by atoms with Gasteiger partial charge in [0.2, 0.25) is 0 Å². The third-order valence-corrected chi connectivity index (χ3v) is 4.54. The van der Waals surface area contributed by atoms with Crippen LogP contribution in [0.25, 0.3) is 0 Å².